The fourth-order valence-electron chi connectivity index (χ4n) is 1.22. The minimum absolute atomic E-state index is 0.147. The molecule has 0 aliphatic heterocycles. The summed E-state index contributed by atoms with van der Waals surface area (Å²) in [6.07, 6.45) is 0. The zero-order valence-electron chi connectivity index (χ0n) is 8.94. The van der Waals surface area contributed by atoms with Crippen LogP contribution in [0.5, 0.6) is 0 Å². The Labute approximate surface area is 77.4 Å². The highest BCUT2D eigenvalue weighted by molar-refractivity contribution is 6.83. The molecule has 1 nitrogen and oxygen atoms in total. The second-order valence-corrected chi connectivity index (χ2v) is 9.65. The van der Waals surface area contributed by atoms with Crippen LogP contribution < -0.4 is 5.73 Å². The van der Waals surface area contributed by atoms with E-state index in [-0.39, 0.29) is 6.04 Å². The molecule has 1 atom stereocenters. The minimum Gasteiger partial charge on any atom is -0.324 e. The monoisotopic (exact) mass is 183 g/mol. The molecule has 0 rings (SSSR count). The Bertz CT molecular complexity index is 194. The molecule has 0 aliphatic carbocycles. The smallest absolute Gasteiger partial charge is 0.0843 e. The molecule has 0 aromatic rings. The van der Waals surface area contributed by atoms with E-state index in [0.29, 0.717) is 5.92 Å². The predicted molar refractivity (Wildman–Crippen MR) is 58.8 cm³/mol. The molecule has 0 amide bonds. The Morgan fingerprint density at radius 3 is 1.83 bits per heavy atom. The van der Waals surface area contributed by atoms with Crippen molar-refractivity contribution in [3.8, 4) is 0 Å². The number of hydrogen-bond donors (Lipinski definition) is 1. The second kappa shape index (κ2) is 4.08. The maximum Gasteiger partial charge on any atom is 0.0843 e. The van der Waals surface area contributed by atoms with E-state index in [2.05, 4.69) is 45.8 Å². The third-order valence-corrected chi connectivity index (χ3v) is 4.18. The van der Waals surface area contributed by atoms with Crippen LogP contribution in [0.15, 0.2) is 17.5 Å². The highest BCUT2D eigenvalue weighted by Crippen LogP contribution is 2.19. The quantitative estimate of drug-likeness (QED) is 0.528. The van der Waals surface area contributed by atoms with Gasteiger partial charge in [-0.3, -0.25) is 0 Å². The number of hydrogen-bond acceptors (Lipinski definition) is 1. The molecule has 0 aromatic carbocycles. The van der Waals surface area contributed by atoms with E-state index in [1.807, 2.05) is 0 Å². The van der Waals surface area contributed by atoms with Gasteiger partial charge in [-0.2, -0.15) is 0 Å². The van der Waals surface area contributed by atoms with Gasteiger partial charge in [0.15, 0.2) is 0 Å². The fourth-order valence-corrected chi connectivity index (χ4v) is 3.08. The highest BCUT2D eigenvalue weighted by atomic mass is 28.3. The van der Waals surface area contributed by atoms with E-state index in [1.54, 1.807) is 0 Å². The van der Waals surface area contributed by atoms with E-state index in [9.17, 15) is 0 Å². The molecule has 2 heteroatoms. The zero-order valence-corrected chi connectivity index (χ0v) is 9.94. The van der Waals surface area contributed by atoms with Gasteiger partial charge in [-0.05, 0) is 11.1 Å². The summed E-state index contributed by atoms with van der Waals surface area (Å²) in [5.74, 6) is 0.487. The summed E-state index contributed by atoms with van der Waals surface area (Å²) in [5, 5.41) is 1.26. The molecule has 0 saturated carbocycles. The van der Waals surface area contributed by atoms with Gasteiger partial charge < -0.3 is 5.73 Å². The van der Waals surface area contributed by atoms with Crippen LogP contribution in [0.2, 0.25) is 19.6 Å². The van der Waals surface area contributed by atoms with Gasteiger partial charge in [-0.25, -0.2) is 0 Å². The average molecular weight is 183 g/mol. The SMILES string of the molecule is C=C=C([C@H](N)C(C)C)[Si](C)(C)C. The van der Waals surface area contributed by atoms with E-state index in [0.717, 1.165) is 0 Å². The summed E-state index contributed by atoms with van der Waals surface area (Å²) in [6.45, 7) is 14.8. The molecule has 0 saturated heterocycles. The first kappa shape index (κ1) is 11.7. The first-order valence-corrected chi connectivity index (χ1v) is 7.96. The van der Waals surface area contributed by atoms with Crippen LogP contribution in [0.3, 0.4) is 0 Å². The van der Waals surface area contributed by atoms with Crippen LogP contribution in [-0.4, -0.2) is 14.1 Å². The van der Waals surface area contributed by atoms with Crippen LogP contribution in [0.1, 0.15) is 13.8 Å². The summed E-state index contributed by atoms with van der Waals surface area (Å²) < 4.78 is 0. The molecular weight excluding hydrogens is 162 g/mol. The summed E-state index contributed by atoms with van der Waals surface area (Å²) in [5.41, 5.74) is 9.08. The molecule has 70 valence electrons. The van der Waals surface area contributed by atoms with Gasteiger partial charge >= 0.3 is 0 Å². The van der Waals surface area contributed by atoms with Crippen molar-refractivity contribution in [2.75, 3.05) is 0 Å². The summed E-state index contributed by atoms with van der Waals surface area (Å²) in [7, 11) is -1.29. The van der Waals surface area contributed by atoms with Gasteiger partial charge in [0, 0.05) is 6.04 Å². The van der Waals surface area contributed by atoms with Crippen molar-refractivity contribution in [1.29, 1.82) is 0 Å². The maximum absolute atomic E-state index is 6.05. The van der Waals surface area contributed by atoms with E-state index in [1.165, 1.54) is 5.20 Å². The largest absolute Gasteiger partial charge is 0.324 e. The highest BCUT2D eigenvalue weighted by Gasteiger charge is 2.25. The third-order valence-electron chi connectivity index (χ3n) is 2.05. The normalized spacial score (nSPS) is 14.2. The molecular formula is C10H21NSi. The van der Waals surface area contributed by atoms with Crippen molar-refractivity contribution >= 4 is 8.07 Å². The van der Waals surface area contributed by atoms with Gasteiger partial charge in [0.2, 0.25) is 0 Å². The van der Waals surface area contributed by atoms with Crippen LogP contribution in [-0.2, 0) is 0 Å². The van der Waals surface area contributed by atoms with Crippen molar-refractivity contribution in [3.05, 3.63) is 17.5 Å². The summed E-state index contributed by atoms with van der Waals surface area (Å²) in [4.78, 5) is 0. The Morgan fingerprint density at radius 2 is 1.75 bits per heavy atom. The first-order chi connectivity index (χ1) is 5.30. The minimum atomic E-state index is -1.29. The Morgan fingerprint density at radius 1 is 1.33 bits per heavy atom. The van der Waals surface area contributed by atoms with Gasteiger partial charge in [-0.1, -0.05) is 40.1 Å². The van der Waals surface area contributed by atoms with Crippen LogP contribution in [0.25, 0.3) is 0 Å². The summed E-state index contributed by atoms with van der Waals surface area (Å²) >= 11 is 0. The molecule has 0 radical (unpaired) electrons. The lowest BCUT2D eigenvalue weighted by atomic mass is 10.1. The van der Waals surface area contributed by atoms with Crippen LogP contribution in [0.4, 0.5) is 0 Å². The third kappa shape index (κ3) is 2.98. The average Bonchev–Trinajstić information content (AvgIpc) is 1.85. The van der Waals surface area contributed by atoms with Gasteiger partial charge in [0.1, 0.15) is 0 Å². The standard InChI is InChI=1S/C10H21NSi/c1-7-9(12(4,5)6)10(11)8(2)3/h8,10H,1,11H2,2-6H3/t10-/m1/s1. The number of rotatable bonds is 3. The molecule has 0 fully saturated rings. The van der Waals surface area contributed by atoms with Crippen molar-refractivity contribution < 1.29 is 0 Å². The molecule has 0 spiro atoms. The van der Waals surface area contributed by atoms with Crippen LogP contribution in [0, 0.1) is 5.92 Å². The summed E-state index contributed by atoms with van der Waals surface area (Å²) in [6, 6.07) is 0.147. The Hall–Kier alpha value is -0.303. The molecule has 2 N–H and O–H groups in total. The van der Waals surface area contributed by atoms with Crippen molar-refractivity contribution in [2.45, 2.75) is 39.5 Å². The Balaban J connectivity index is 4.73. The Kier molecular flexibility index (Phi) is 3.98. The van der Waals surface area contributed by atoms with Crippen LogP contribution >= 0.6 is 0 Å². The van der Waals surface area contributed by atoms with Gasteiger partial charge in [0.05, 0.1) is 8.07 Å². The lowest BCUT2D eigenvalue weighted by molar-refractivity contribution is 0.561. The molecule has 0 aliphatic rings. The van der Waals surface area contributed by atoms with E-state index in [4.69, 9.17) is 5.73 Å². The van der Waals surface area contributed by atoms with Gasteiger partial charge in [0.25, 0.3) is 0 Å². The van der Waals surface area contributed by atoms with Crippen molar-refractivity contribution in [2.24, 2.45) is 11.7 Å². The molecule has 12 heavy (non-hydrogen) atoms. The second-order valence-electron chi connectivity index (χ2n) is 4.61. The lowest BCUT2D eigenvalue weighted by Gasteiger charge is -2.27. The first-order valence-electron chi connectivity index (χ1n) is 4.46. The van der Waals surface area contributed by atoms with E-state index < -0.39 is 8.07 Å². The zero-order chi connectivity index (χ0) is 9.94. The van der Waals surface area contributed by atoms with Crippen molar-refractivity contribution in [3.63, 3.8) is 0 Å². The maximum atomic E-state index is 6.05. The predicted octanol–water partition coefficient (Wildman–Crippen LogP) is 2.56. The topological polar surface area (TPSA) is 26.0 Å². The van der Waals surface area contributed by atoms with E-state index >= 15 is 0 Å². The number of nitrogens with two attached hydrogens (primary N) is 1. The molecule has 0 unspecified atom stereocenters. The molecule has 0 aromatic heterocycles. The fraction of sp³-hybridized carbons (Fsp3) is 0.700. The van der Waals surface area contributed by atoms with Gasteiger partial charge in [-0.15, -0.1) is 5.73 Å². The molecule has 0 bridgehead atoms. The lowest BCUT2D eigenvalue weighted by Crippen LogP contribution is -2.40. The van der Waals surface area contributed by atoms with Crippen molar-refractivity contribution in [1.82, 2.24) is 0 Å². The molecule has 0 heterocycles.